The molecular formula is C22H31NaO3S. The molecule has 0 saturated carbocycles. The summed E-state index contributed by atoms with van der Waals surface area (Å²) in [6.07, 6.45) is 11.0. The average molecular weight is 399 g/mol. The van der Waals surface area contributed by atoms with Crippen LogP contribution in [0.15, 0.2) is 35.2 Å². The maximum atomic E-state index is 11.8. The van der Waals surface area contributed by atoms with Gasteiger partial charge in [0.25, 0.3) is 0 Å². The van der Waals surface area contributed by atoms with Crippen molar-refractivity contribution in [1.82, 2.24) is 0 Å². The number of hydrogen-bond acceptors (Lipinski definition) is 3. The van der Waals surface area contributed by atoms with Gasteiger partial charge in [-0.2, -0.15) is 0 Å². The molecule has 0 atom stereocenters. The maximum Gasteiger partial charge on any atom is 1.00 e. The van der Waals surface area contributed by atoms with E-state index in [1.807, 2.05) is 12.1 Å². The number of unbranched alkanes of at least 4 members (excludes halogenated alkanes) is 6. The molecule has 0 aromatic heterocycles. The Hall–Kier alpha value is -0.390. The van der Waals surface area contributed by atoms with E-state index in [-0.39, 0.29) is 34.5 Å². The van der Waals surface area contributed by atoms with Gasteiger partial charge in [0.2, 0.25) is 0 Å². The second kappa shape index (κ2) is 12.2. The van der Waals surface area contributed by atoms with Crippen LogP contribution >= 0.6 is 0 Å². The van der Waals surface area contributed by atoms with Gasteiger partial charge in [-0.1, -0.05) is 76.6 Å². The van der Waals surface area contributed by atoms with Crippen LogP contribution in [0.2, 0.25) is 0 Å². The molecule has 0 aliphatic rings. The van der Waals surface area contributed by atoms with Gasteiger partial charge in [-0.3, -0.25) is 0 Å². The molecule has 2 aromatic rings. The van der Waals surface area contributed by atoms with E-state index in [9.17, 15) is 13.0 Å². The van der Waals surface area contributed by atoms with Gasteiger partial charge in [-0.25, -0.2) is 8.42 Å². The van der Waals surface area contributed by atoms with Crippen molar-refractivity contribution in [2.45, 2.75) is 83.0 Å². The predicted molar refractivity (Wildman–Crippen MR) is 108 cm³/mol. The standard InChI is InChI=1S/C22H32O3S.Na/c1-3-5-7-9-13-18-17-22(26(23,24)25)21-16-12-11-15-20(21)19(18)14-10-8-6-4-2;/h11-12,15-17H,3-10,13-14H2,1-2H3,(H,23,24,25);/q;+1/p-1. The molecular weight excluding hydrogens is 367 g/mol. The number of aryl methyl sites for hydroxylation is 2. The maximum absolute atomic E-state index is 11.8. The molecule has 27 heavy (non-hydrogen) atoms. The molecule has 5 heteroatoms. The van der Waals surface area contributed by atoms with E-state index in [2.05, 4.69) is 13.8 Å². The van der Waals surface area contributed by atoms with E-state index in [1.165, 1.54) is 37.7 Å². The molecule has 0 N–H and O–H groups in total. The molecule has 2 aromatic carbocycles. The Morgan fingerprint density at radius 1 is 0.815 bits per heavy atom. The summed E-state index contributed by atoms with van der Waals surface area (Å²) in [6, 6.07) is 9.12. The topological polar surface area (TPSA) is 57.2 Å². The summed E-state index contributed by atoms with van der Waals surface area (Å²) in [4.78, 5) is -0.0594. The molecule has 0 aliphatic heterocycles. The summed E-state index contributed by atoms with van der Waals surface area (Å²) in [5.74, 6) is 0. The summed E-state index contributed by atoms with van der Waals surface area (Å²) >= 11 is 0. The fourth-order valence-corrected chi connectivity index (χ4v) is 4.39. The van der Waals surface area contributed by atoms with Crippen molar-refractivity contribution in [1.29, 1.82) is 0 Å². The Morgan fingerprint density at radius 3 is 1.93 bits per heavy atom. The normalized spacial score (nSPS) is 11.5. The minimum atomic E-state index is -4.48. The molecule has 0 spiro atoms. The number of rotatable bonds is 11. The van der Waals surface area contributed by atoms with Crippen LogP contribution < -0.4 is 29.6 Å². The van der Waals surface area contributed by atoms with Crippen LogP contribution in [-0.4, -0.2) is 13.0 Å². The van der Waals surface area contributed by atoms with Crippen molar-refractivity contribution in [2.24, 2.45) is 0 Å². The van der Waals surface area contributed by atoms with Crippen molar-refractivity contribution in [3.63, 3.8) is 0 Å². The zero-order chi connectivity index (χ0) is 19.0. The minimum absolute atomic E-state index is 0. The van der Waals surface area contributed by atoms with E-state index < -0.39 is 10.1 Å². The van der Waals surface area contributed by atoms with Crippen molar-refractivity contribution in [2.75, 3.05) is 0 Å². The molecule has 0 radical (unpaired) electrons. The number of hydrogen-bond donors (Lipinski definition) is 0. The Balaban J connectivity index is 0.00000364. The SMILES string of the molecule is CCCCCCc1cc(S(=O)(=O)[O-])c2ccccc2c1CCCCCC.[Na+]. The van der Waals surface area contributed by atoms with Gasteiger partial charge in [0.1, 0.15) is 10.1 Å². The number of fused-ring (bicyclic) bond motifs is 1. The Morgan fingerprint density at radius 2 is 1.37 bits per heavy atom. The fourth-order valence-electron chi connectivity index (χ4n) is 3.65. The third-order valence-electron chi connectivity index (χ3n) is 5.06. The zero-order valence-electron chi connectivity index (χ0n) is 17.1. The number of benzene rings is 2. The van der Waals surface area contributed by atoms with Crippen LogP contribution in [0.5, 0.6) is 0 Å². The van der Waals surface area contributed by atoms with Crippen molar-refractivity contribution in [3.05, 3.63) is 41.5 Å². The van der Waals surface area contributed by atoms with Gasteiger partial charge < -0.3 is 4.55 Å². The first-order valence-corrected chi connectivity index (χ1v) is 11.4. The average Bonchev–Trinajstić information content (AvgIpc) is 2.62. The molecule has 0 aliphatic carbocycles. The zero-order valence-corrected chi connectivity index (χ0v) is 19.9. The van der Waals surface area contributed by atoms with Gasteiger partial charge in [-0.05, 0) is 53.6 Å². The summed E-state index contributed by atoms with van der Waals surface area (Å²) < 4.78 is 35.5. The van der Waals surface area contributed by atoms with Gasteiger partial charge in [0.05, 0.1) is 4.90 Å². The second-order valence-electron chi connectivity index (χ2n) is 7.13. The first-order valence-electron chi connectivity index (χ1n) is 9.98. The van der Waals surface area contributed by atoms with Gasteiger partial charge in [0, 0.05) is 0 Å². The van der Waals surface area contributed by atoms with E-state index in [0.717, 1.165) is 43.1 Å². The molecule has 0 fully saturated rings. The molecule has 0 heterocycles. The van der Waals surface area contributed by atoms with E-state index >= 15 is 0 Å². The Labute approximate surface area is 187 Å². The van der Waals surface area contributed by atoms with Crippen LogP contribution in [0.3, 0.4) is 0 Å². The molecule has 0 amide bonds. The monoisotopic (exact) mass is 398 g/mol. The minimum Gasteiger partial charge on any atom is -0.744 e. The van der Waals surface area contributed by atoms with Gasteiger partial charge in [0.15, 0.2) is 0 Å². The van der Waals surface area contributed by atoms with E-state index in [1.54, 1.807) is 18.2 Å². The van der Waals surface area contributed by atoms with Crippen LogP contribution in [0.25, 0.3) is 10.8 Å². The summed E-state index contributed by atoms with van der Waals surface area (Å²) in [7, 11) is -4.48. The van der Waals surface area contributed by atoms with Crippen LogP contribution in [0.1, 0.15) is 76.3 Å². The molecule has 3 nitrogen and oxygen atoms in total. The quantitative estimate of drug-likeness (QED) is 0.332. The molecule has 144 valence electrons. The second-order valence-corrected chi connectivity index (χ2v) is 8.48. The van der Waals surface area contributed by atoms with Gasteiger partial charge >= 0.3 is 29.6 Å². The molecule has 0 saturated heterocycles. The summed E-state index contributed by atoms with van der Waals surface area (Å²) in [5.41, 5.74) is 2.28. The first kappa shape index (κ1) is 24.6. The van der Waals surface area contributed by atoms with Crippen LogP contribution in [0, 0.1) is 0 Å². The van der Waals surface area contributed by atoms with E-state index in [4.69, 9.17) is 0 Å². The Kier molecular flexibility index (Phi) is 11.2. The van der Waals surface area contributed by atoms with E-state index in [0.29, 0.717) is 5.39 Å². The van der Waals surface area contributed by atoms with Crippen LogP contribution in [0.4, 0.5) is 0 Å². The fraction of sp³-hybridized carbons (Fsp3) is 0.545. The third-order valence-corrected chi connectivity index (χ3v) is 5.94. The summed E-state index contributed by atoms with van der Waals surface area (Å²) in [5, 5.41) is 1.51. The Bertz CT molecular complexity index is 816. The largest absolute Gasteiger partial charge is 1.00 e. The van der Waals surface area contributed by atoms with Crippen molar-refractivity contribution >= 4 is 20.9 Å². The molecule has 0 bridgehead atoms. The molecule has 0 unspecified atom stereocenters. The smallest absolute Gasteiger partial charge is 0.744 e. The third kappa shape index (κ3) is 7.17. The summed E-state index contributed by atoms with van der Waals surface area (Å²) in [6.45, 7) is 4.37. The predicted octanol–water partition coefficient (Wildman–Crippen LogP) is 2.99. The van der Waals surface area contributed by atoms with Crippen molar-refractivity contribution in [3.8, 4) is 0 Å². The van der Waals surface area contributed by atoms with Crippen LogP contribution in [-0.2, 0) is 23.0 Å². The first-order chi connectivity index (χ1) is 12.5. The van der Waals surface area contributed by atoms with Crippen molar-refractivity contribution < 1.29 is 42.5 Å². The molecule has 2 rings (SSSR count). The van der Waals surface area contributed by atoms with Gasteiger partial charge in [-0.15, -0.1) is 0 Å².